The Morgan fingerprint density at radius 3 is 2.42 bits per heavy atom. The van der Waals surface area contributed by atoms with Gasteiger partial charge in [0.15, 0.2) is 0 Å². The highest BCUT2D eigenvalue weighted by molar-refractivity contribution is 6.32. The molecule has 0 aliphatic heterocycles. The molecule has 0 aromatic heterocycles. The number of methoxy groups -OCH3 is 1. The van der Waals surface area contributed by atoms with E-state index >= 15 is 0 Å². The third-order valence-electron chi connectivity index (χ3n) is 4.03. The summed E-state index contributed by atoms with van der Waals surface area (Å²) in [5.74, 6) is -1.33. The maximum atomic E-state index is 12.6. The lowest BCUT2D eigenvalue weighted by molar-refractivity contribution is 0.0698. The number of aryl methyl sites for hydroxylation is 1. The summed E-state index contributed by atoms with van der Waals surface area (Å²) in [4.78, 5) is 24.1. The summed E-state index contributed by atoms with van der Waals surface area (Å²) in [5.41, 5.74) is 1.56. The van der Waals surface area contributed by atoms with E-state index in [-0.39, 0.29) is 22.0 Å². The molecule has 132 valence electrons. The quantitative estimate of drug-likeness (QED) is 0.695. The van der Waals surface area contributed by atoms with E-state index in [1.165, 1.54) is 19.2 Å². The Morgan fingerprint density at radius 1 is 1.04 bits per heavy atom. The minimum absolute atomic E-state index is 0.111. The van der Waals surface area contributed by atoms with Crippen molar-refractivity contribution in [2.24, 2.45) is 0 Å². The van der Waals surface area contributed by atoms with Crippen molar-refractivity contribution in [2.75, 3.05) is 12.4 Å². The molecule has 0 saturated heterocycles. The average Bonchev–Trinajstić information content (AvgIpc) is 2.62. The van der Waals surface area contributed by atoms with Crippen LogP contribution in [0.2, 0.25) is 5.02 Å². The van der Waals surface area contributed by atoms with Crippen LogP contribution in [0.4, 0.5) is 5.69 Å². The molecule has 3 aromatic rings. The first kappa shape index (κ1) is 17.8. The fourth-order valence-corrected chi connectivity index (χ4v) is 2.93. The molecule has 0 aliphatic carbocycles. The lowest BCUT2D eigenvalue weighted by Gasteiger charge is -2.12. The summed E-state index contributed by atoms with van der Waals surface area (Å²) in [6, 6.07) is 13.9. The number of hydrogen-bond donors (Lipinski definition) is 2. The van der Waals surface area contributed by atoms with Gasteiger partial charge in [-0.2, -0.15) is 0 Å². The third-order valence-corrected chi connectivity index (χ3v) is 4.32. The first-order valence-corrected chi connectivity index (χ1v) is 8.19. The number of carboxylic acid groups (broad SMARTS) is 1. The van der Waals surface area contributed by atoms with Crippen LogP contribution in [0, 0.1) is 6.92 Å². The number of halogens is 1. The van der Waals surface area contributed by atoms with Crippen LogP contribution >= 0.6 is 11.6 Å². The number of carbonyl (C=O) groups is 2. The molecule has 0 fully saturated rings. The van der Waals surface area contributed by atoms with Crippen molar-refractivity contribution in [3.63, 3.8) is 0 Å². The number of amides is 1. The van der Waals surface area contributed by atoms with Gasteiger partial charge in [-0.3, -0.25) is 4.79 Å². The number of nitrogens with one attached hydrogen (secondary N) is 1. The number of benzene rings is 3. The fraction of sp³-hybridized carbons (Fsp3) is 0.100. The molecule has 2 N–H and O–H groups in total. The van der Waals surface area contributed by atoms with Gasteiger partial charge < -0.3 is 15.2 Å². The zero-order valence-corrected chi connectivity index (χ0v) is 14.9. The molecule has 0 bridgehead atoms. The normalized spacial score (nSPS) is 10.6. The summed E-state index contributed by atoms with van der Waals surface area (Å²) in [6.07, 6.45) is 0. The molecular formula is C20H16ClNO4. The molecule has 5 nitrogen and oxygen atoms in total. The Hall–Kier alpha value is -3.05. The standard InChI is InChI=1S/C20H16ClNO4/c1-11-3-4-13-8-14(6-5-12(13)7-11)19(23)22-17-10-18(26-2)16(21)9-15(17)20(24)25/h3-10H,1-2H3,(H,22,23)(H,24,25). The number of aromatic carboxylic acids is 1. The van der Waals surface area contributed by atoms with Crippen molar-refractivity contribution in [3.8, 4) is 5.75 Å². The molecule has 3 aromatic carbocycles. The monoisotopic (exact) mass is 369 g/mol. The van der Waals surface area contributed by atoms with Gasteiger partial charge in [0.1, 0.15) is 5.75 Å². The van der Waals surface area contributed by atoms with Gasteiger partial charge in [0, 0.05) is 11.6 Å². The largest absolute Gasteiger partial charge is 0.495 e. The minimum atomic E-state index is -1.20. The SMILES string of the molecule is COc1cc(NC(=O)c2ccc3cc(C)ccc3c2)c(C(=O)O)cc1Cl. The Morgan fingerprint density at radius 2 is 1.73 bits per heavy atom. The van der Waals surface area contributed by atoms with E-state index in [1.54, 1.807) is 12.1 Å². The van der Waals surface area contributed by atoms with E-state index in [1.807, 2.05) is 31.2 Å². The lowest BCUT2D eigenvalue weighted by atomic mass is 10.0. The van der Waals surface area contributed by atoms with E-state index in [2.05, 4.69) is 5.32 Å². The second-order valence-electron chi connectivity index (χ2n) is 5.86. The lowest BCUT2D eigenvalue weighted by Crippen LogP contribution is -2.15. The minimum Gasteiger partial charge on any atom is -0.495 e. The van der Waals surface area contributed by atoms with Crippen molar-refractivity contribution >= 4 is 39.9 Å². The maximum absolute atomic E-state index is 12.6. The van der Waals surface area contributed by atoms with Gasteiger partial charge in [0.25, 0.3) is 5.91 Å². The highest BCUT2D eigenvalue weighted by Crippen LogP contribution is 2.31. The number of carboxylic acids is 1. The molecule has 26 heavy (non-hydrogen) atoms. The van der Waals surface area contributed by atoms with Gasteiger partial charge in [-0.1, -0.05) is 41.4 Å². The van der Waals surface area contributed by atoms with Gasteiger partial charge in [0.05, 0.1) is 23.4 Å². The highest BCUT2D eigenvalue weighted by atomic mass is 35.5. The van der Waals surface area contributed by atoms with Gasteiger partial charge in [-0.25, -0.2) is 4.79 Å². The number of carbonyl (C=O) groups excluding carboxylic acids is 1. The van der Waals surface area contributed by atoms with Crippen LogP contribution in [0.5, 0.6) is 5.75 Å². The molecule has 0 unspecified atom stereocenters. The fourth-order valence-electron chi connectivity index (χ4n) is 2.69. The molecule has 6 heteroatoms. The van der Waals surface area contributed by atoms with Crippen LogP contribution in [-0.2, 0) is 0 Å². The number of hydrogen-bond acceptors (Lipinski definition) is 3. The van der Waals surface area contributed by atoms with E-state index < -0.39 is 11.9 Å². The van der Waals surface area contributed by atoms with E-state index in [4.69, 9.17) is 16.3 Å². The van der Waals surface area contributed by atoms with Crippen LogP contribution < -0.4 is 10.1 Å². The Labute approximate surface area is 155 Å². The predicted molar refractivity (Wildman–Crippen MR) is 102 cm³/mol. The predicted octanol–water partition coefficient (Wildman–Crippen LogP) is 4.76. The van der Waals surface area contributed by atoms with Crippen molar-refractivity contribution in [2.45, 2.75) is 6.92 Å². The van der Waals surface area contributed by atoms with Crippen molar-refractivity contribution in [1.29, 1.82) is 0 Å². The zero-order chi connectivity index (χ0) is 18.8. The molecule has 0 spiro atoms. The number of fused-ring (bicyclic) bond motifs is 1. The van der Waals surface area contributed by atoms with E-state index in [0.717, 1.165) is 16.3 Å². The second-order valence-corrected chi connectivity index (χ2v) is 6.26. The summed E-state index contributed by atoms with van der Waals surface area (Å²) in [5, 5.41) is 14.1. The van der Waals surface area contributed by atoms with E-state index in [0.29, 0.717) is 5.56 Å². The van der Waals surface area contributed by atoms with Gasteiger partial charge in [-0.15, -0.1) is 0 Å². The van der Waals surface area contributed by atoms with Crippen LogP contribution in [0.15, 0.2) is 48.5 Å². The van der Waals surface area contributed by atoms with Gasteiger partial charge >= 0.3 is 5.97 Å². The molecule has 0 aliphatic rings. The summed E-state index contributed by atoms with van der Waals surface area (Å²) in [6.45, 7) is 2.00. The Balaban J connectivity index is 1.97. The highest BCUT2D eigenvalue weighted by Gasteiger charge is 2.17. The zero-order valence-electron chi connectivity index (χ0n) is 14.2. The molecule has 0 heterocycles. The number of ether oxygens (including phenoxy) is 1. The number of rotatable bonds is 4. The topological polar surface area (TPSA) is 75.6 Å². The van der Waals surface area contributed by atoms with E-state index in [9.17, 15) is 14.7 Å². The van der Waals surface area contributed by atoms with Crippen LogP contribution in [0.1, 0.15) is 26.3 Å². The first-order chi connectivity index (χ1) is 12.4. The molecule has 0 atom stereocenters. The second kappa shape index (κ2) is 7.06. The van der Waals surface area contributed by atoms with Gasteiger partial charge in [-0.05, 0) is 35.9 Å². The summed E-state index contributed by atoms with van der Waals surface area (Å²) in [7, 11) is 1.42. The Kier molecular flexibility index (Phi) is 4.82. The van der Waals surface area contributed by atoms with Crippen LogP contribution in [-0.4, -0.2) is 24.1 Å². The Bertz CT molecular complexity index is 1030. The van der Waals surface area contributed by atoms with Gasteiger partial charge in [0.2, 0.25) is 0 Å². The average molecular weight is 370 g/mol. The third kappa shape index (κ3) is 3.48. The summed E-state index contributed by atoms with van der Waals surface area (Å²) >= 11 is 5.98. The van der Waals surface area contributed by atoms with Crippen molar-refractivity contribution in [3.05, 3.63) is 70.2 Å². The van der Waals surface area contributed by atoms with Crippen molar-refractivity contribution in [1.82, 2.24) is 0 Å². The molecular weight excluding hydrogens is 354 g/mol. The first-order valence-electron chi connectivity index (χ1n) is 7.81. The maximum Gasteiger partial charge on any atom is 0.337 e. The molecule has 0 saturated carbocycles. The molecule has 3 rings (SSSR count). The van der Waals surface area contributed by atoms with Crippen LogP contribution in [0.25, 0.3) is 10.8 Å². The molecule has 0 radical (unpaired) electrons. The summed E-state index contributed by atoms with van der Waals surface area (Å²) < 4.78 is 5.10. The molecule has 1 amide bonds. The smallest absolute Gasteiger partial charge is 0.337 e. The van der Waals surface area contributed by atoms with Crippen molar-refractivity contribution < 1.29 is 19.4 Å². The van der Waals surface area contributed by atoms with Crippen LogP contribution in [0.3, 0.4) is 0 Å². The number of anilines is 1.